The smallest absolute Gasteiger partial charge is 0.306 e. The first-order valence-corrected chi connectivity index (χ1v) is 5.51. The minimum Gasteiger partial charge on any atom is -0.481 e. The third-order valence-corrected chi connectivity index (χ3v) is 2.30. The van der Waals surface area contributed by atoms with Crippen molar-refractivity contribution in [3.05, 3.63) is 0 Å². The molecular formula is C11H22O4V. The van der Waals surface area contributed by atoms with Crippen LogP contribution in [0.2, 0.25) is 0 Å². The zero-order chi connectivity index (χ0) is 11.5. The van der Waals surface area contributed by atoms with E-state index in [1.54, 1.807) is 7.11 Å². The van der Waals surface area contributed by atoms with Gasteiger partial charge in [-0.3, -0.25) is 4.79 Å². The van der Waals surface area contributed by atoms with Crippen LogP contribution < -0.4 is 0 Å². The summed E-state index contributed by atoms with van der Waals surface area (Å²) < 4.78 is 10.1. The molecule has 0 heterocycles. The molecule has 0 saturated carbocycles. The van der Waals surface area contributed by atoms with E-state index in [4.69, 9.17) is 14.6 Å². The van der Waals surface area contributed by atoms with Gasteiger partial charge in [-0.1, -0.05) is 0 Å². The first-order chi connectivity index (χ1) is 7.22. The van der Waals surface area contributed by atoms with E-state index >= 15 is 0 Å². The van der Waals surface area contributed by atoms with E-state index in [0.29, 0.717) is 32.7 Å². The van der Waals surface area contributed by atoms with E-state index in [1.165, 1.54) is 0 Å². The predicted molar refractivity (Wildman–Crippen MR) is 58.0 cm³/mol. The molecule has 0 saturated heterocycles. The zero-order valence-electron chi connectivity index (χ0n) is 10.1. The molecule has 1 N–H and O–H groups in total. The fourth-order valence-corrected chi connectivity index (χ4v) is 1.44. The van der Waals surface area contributed by atoms with Gasteiger partial charge in [0.1, 0.15) is 0 Å². The van der Waals surface area contributed by atoms with Crippen LogP contribution in [0.3, 0.4) is 0 Å². The molecule has 0 aromatic carbocycles. The van der Waals surface area contributed by atoms with Gasteiger partial charge in [0.05, 0.1) is 5.92 Å². The summed E-state index contributed by atoms with van der Waals surface area (Å²) in [6.07, 6.45) is 3.01. The molecule has 95 valence electrons. The third-order valence-electron chi connectivity index (χ3n) is 2.30. The number of carboxylic acids is 1. The minimum absolute atomic E-state index is 0. The number of hydrogen-bond acceptors (Lipinski definition) is 3. The largest absolute Gasteiger partial charge is 0.481 e. The molecule has 5 heteroatoms. The van der Waals surface area contributed by atoms with Crippen LogP contribution in [0.15, 0.2) is 0 Å². The van der Waals surface area contributed by atoms with Crippen molar-refractivity contribution in [1.82, 2.24) is 0 Å². The van der Waals surface area contributed by atoms with Gasteiger partial charge in [-0.15, -0.1) is 0 Å². The van der Waals surface area contributed by atoms with E-state index in [-0.39, 0.29) is 24.5 Å². The van der Waals surface area contributed by atoms with Gasteiger partial charge in [0.15, 0.2) is 0 Å². The van der Waals surface area contributed by atoms with Crippen LogP contribution in [-0.4, -0.2) is 38.0 Å². The Balaban J connectivity index is 0. The Labute approximate surface area is 110 Å². The molecule has 16 heavy (non-hydrogen) atoms. The summed E-state index contributed by atoms with van der Waals surface area (Å²) >= 11 is 0. The first-order valence-electron chi connectivity index (χ1n) is 5.51. The van der Waals surface area contributed by atoms with Crippen molar-refractivity contribution in [1.29, 1.82) is 0 Å². The summed E-state index contributed by atoms with van der Waals surface area (Å²) in [6, 6.07) is 0. The van der Waals surface area contributed by atoms with Crippen molar-refractivity contribution in [2.24, 2.45) is 5.92 Å². The third kappa shape index (κ3) is 10.5. The summed E-state index contributed by atoms with van der Waals surface area (Å²) in [7, 11) is 1.63. The molecule has 1 atom stereocenters. The van der Waals surface area contributed by atoms with Crippen molar-refractivity contribution >= 4 is 5.97 Å². The van der Waals surface area contributed by atoms with Crippen molar-refractivity contribution in [3.63, 3.8) is 0 Å². The maximum atomic E-state index is 10.9. The Kier molecular flexibility index (Phi) is 15.0. The Morgan fingerprint density at radius 1 is 1.25 bits per heavy atom. The molecule has 0 rings (SSSR count). The molecular weight excluding hydrogens is 247 g/mol. The van der Waals surface area contributed by atoms with Gasteiger partial charge in [0.2, 0.25) is 0 Å². The van der Waals surface area contributed by atoms with Crippen LogP contribution in [0.25, 0.3) is 0 Å². The predicted octanol–water partition coefficient (Wildman–Crippen LogP) is 1.93. The maximum absolute atomic E-state index is 10.9. The molecule has 0 aromatic heterocycles. The average Bonchev–Trinajstić information content (AvgIpc) is 2.21. The van der Waals surface area contributed by atoms with Gasteiger partial charge in [0, 0.05) is 45.5 Å². The summed E-state index contributed by atoms with van der Waals surface area (Å²) in [5.41, 5.74) is 0. The number of carbonyl (C=O) groups is 1. The Morgan fingerprint density at radius 2 is 1.81 bits per heavy atom. The summed E-state index contributed by atoms with van der Waals surface area (Å²) in [4.78, 5) is 10.9. The molecule has 1 unspecified atom stereocenters. The normalized spacial score (nSPS) is 11.9. The first kappa shape index (κ1) is 18.3. The quantitative estimate of drug-likeness (QED) is 0.616. The number of ether oxygens (including phenoxy) is 2. The number of aliphatic carboxylic acids is 1. The molecule has 0 bridgehead atoms. The van der Waals surface area contributed by atoms with E-state index in [1.807, 2.05) is 6.92 Å². The van der Waals surface area contributed by atoms with Crippen molar-refractivity contribution in [2.75, 3.05) is 26.9 Å². The second kappa shape index (κ2) is 13.0. The molecule has 4 nitrogen and oxygen atoms in total. The Hall–Kier alpha value is -0.0256. The average molecular weight is 269 g/mol. The molecule has 1 radical (unpaired) electrons. The standard InChI is InChI=1S/C11H22O4.V/c1-3-15-9-5-7-10(11(12)13)6-4-8-14-2;/h10H,3-9H2,1-2H3,(H,12,13);. The number of rotatable bonds is 10. The van der Waals surface area contributed by atoms with Gasteiger partial charge in [-0.2, -0.15) is 0 Å². The molecule has 0 aliphatic carbocycles. The topological polar surface area (TPSA) is 55.8 Å². The second-order valence-corrected chi connectivity index (χ2v) is 3.51. The van der Waals surface area contributed by atoms with Crippen LogP contribution in [0.5, 0.6) is 0 Å². The number of hydrogen-bond donors (Lipinski definition) is 1. The van der Waals surface area contributed by atoms with Crippen LogP contribution in [0.1, 0.15) is 32.6 Å². The van der Waals surface area contributed by atoms with Gasteiger partial charge in [-0.25, -0.2) is 0 Å². The fraction of sp³-hybridized carbons (Fsp3) is 0.909. The molecule has 0 fully saturated rings. The summed E-state index contributed by atoms with van der Waals surface area (Å²) in [6.45, 7) is 3.93. The van der Waals surface area contributed by atoms with E-state index in [2.05, 4.69) is 0 Å². The SMILES string of the molecule is CCOCCCC(CCCOC)C(=O)O.[V]. The molecule has 0 aliphatic heterocycles. The van der Waals surface area contributed by atoms with Crippen LogP contribution in [-0.2, 0) is 32.8 Å². The van der Waals surface area contributed by atoms with Gasteiger partial charge in [-0.05, 0) is 32.6 Å². The fourth-order valence-electron chi connectivity index (χ4n) is 1.44. The Morgan fingerprint density at radius 3 is 2.25 bits per heavy atom. The van der Waals surface area contributed by atoms with Gasteiger partial charge < -0.3 is 14.6 Å². The van der Waals surface area contributed by atoms with Crippen molar-refractivity contribution < 1.29 is 37.9 Å². The van der Waals surface area contributed by atoms with Crippen molar-refractivity contribution in [2.45, 2.75) is 32.6 Å². The van der Waals surface area contributed by atoms with Crippen LogP contribution >= 0.6 is 0 Å². The van der Waals surface area contributed by atoms with E-state index in [9.17, 15) is 4.79 Å². The summed E-state index contributed by atoms with van der Waals surface area (Å²) in [5.74, 6) is -0.955. The second-order valence-electron chi connectivity index (χ2n) is 3.51. The molecule has 0 amide bonds. The minimum atomic E-state index is -0.706. The molecule has 0 aliphatic rings. The number of carboxylic acid groups (broad SMARTS) is 1. The van der Waals surface area contributed by atoms with Crippen LogP contribution in [0.4, 0.5) is 0 Å². The molecule has 0 aromatic rings. The van der Waals surface area contributed by atoms with E-state index < -0.39 is 5.97 Å². The summed E-state index contributed by atoms with van der Waals surface area (Å²) in [5, 5.41) is 8.95. The van der Waals surface area contributed by atoms with Gasteiger partial charge in [0.25, 0.3) is 0 Å². The number of methoxy groups -OCH3 is 1. The van der Waals surface area contributed by atoms with E-state index in [0.717, 1.165) is 12.8 Å². The van der Waals surface area contributed by atoms with Crippen LogP contribution in [0, 0.1) is 5.92 Å². The maximum Gasteiger partial charge on any atom is 0.306 e. The monoisotopic (exact) mass is 269 g/mol. The van der Waals surface area contributed by atoms with Gasteiger partial charge >= 0.3 is 5.97 Å². The zero-order valence-corrected chi connectivity index (χ0v) is 11.5. The Bertz CT molecular complexity index is 164. The van der Waals surface area contributed by atoms with Crippen molar-refractivity contribution in [3.8, 4) is 0 Å². The molecule has 0 spiro atoms.